The predicted octanol–water partition coefficient (Wildman–Crippen LogP) is 3.21. The number of nitrogens with one attached hydrogen (secondary N) is 1. The molecular weight excluding hydrogens is 249 g/mol. The average Bonchev–Trinajstić information content (AvgIpc) is 2.39. The van der Waals surface area contributed by atoms with Gasteiger partial charge in [-0.1, -0.05) is 13.0 Å². The van der Waals surface area contributed by atoms with Crippen molar-refractivity contribution in [1.82, 2.24) is 5.32 Å². The lowest BCUT2D eigenvalue weighted by Crippen LogP contribution is -2.18. The normalized spacial score (nSPS) is 17.0. The van der Waals surface area contributed by atoms with Gasteiger partial charge in [-0.15, -0.1) is 11.8 Å². The smallest absolute Gasteiger partial charge is 0.128 e. The number of hydrogen-bond acceptors (Lipinski definition) is 3. The van der Waals surface area contributed by atoms with Gasteiger partial charge in [-0.3, -0.25) is 0 Å². The third-order valence-electron chi connectivity index (χ3n) is 3.09. The van der Waals surface area contributed by atoms with Crippen LogP contribution in [-0.4, -0.2) is 25.0 Å². The van der Waals surface area contributed by atoms with Crippen LogP contribution < -0.4 is 5.32 Å². The highest BCUT2D eigenvalue weighted by atomic mass is 32.2. The maximum atomic E-state index is 13.8. The van der Waals surface area contributed by atoms with Crippen molar-refractivity contribution in [3.05, 3.63) is 29.6 Å². The third-order valence-corrected chi connectivity index (χ3v) is 4.53. The molecule has 2 nitrogen and oxygen atoms in total. The minimum absolute atomic E-state index is 0.104. The highest BCUT2D eigenvalue weighted by Crippen LogP contribution is 2.33. The Morgan fingerprint density at radius 2 is 2.17 bits per heavy atom. The zero-order valence-corrected chi connectivity index (χ0v) is 11.6. The van der Waals surface area contributed by atoms with Gasteiger partial charge in [0.2, 0.25) is 0 Å². The molecule has 4 heteroatoms. The van der Waals surface area contributed by atoms with Gasteiger partial charge in [0.1, 0.15) is 5.82 Å². The molecule has 2 rings (SSSR count). The van der Waals surface area contributed by atoms with Crippen LogP contribution in [0.25, 0.3) is 0 Å². The number of rotatable bonds is 5. The Morgan fingerprint density at radius 3 is 2.89 bits per heavy atom. The van der Waals surface area contributed by atoms with Crippen molar-refractivity contribution in [3.8, 4) is 0 Å². The van der Waals surface area contributed by atoms with Crippen LogP contribution >= 0.6 is 11.8 Å². The molecule has 1 N–H and O–H groups in total. The summed E-state index contributed by atoms with van der Waals surface area (Å²) in [4.78, 5) is 1.07. The minimum atomic E-state index is -0.104. The summed E-state index contributed by atoms with van der Waals surface area (Å²) in [5.41, 5.74) is 0.802. The standard InChI is InChI=1S/C14H20FNOS/c1-2-16-10-12-13(15)4-3-5-14(12)18-11-6-8-17-9-7-11/h3-5,11,16H,2,6-10H2,1H3. The summed E-state index contributed by atoms with van der Waals surface area (Å²) in [6, 6.07) is 5.36. The molecule has 0 bridgehead atoms. The van der Waals surface area contributed by atoms with E-state index in [0.717, 1.165) is 43.1 Å². The molecule has 0 aromatic heterocycles. The van der Waals surface area contributed by atoms with Gasteiger partial charge in [-0.25, -0.2) is 4.39 Å². The van der Waals surface area contributed by atoms with Gasteiger partial charge < -0.3 is 10.1 Å². The molecule has 18 heavy (non-hydrogen) atoms. The van der Waals surface area contributed by atoms with E-state index in [1.807, 2.05) is 13.0 Å². The fourth-order valence-electron chi connectivity index (χ4n) is 2.04. The third kappa shape index (κ3) is 3.70. The maximum absolute atomic E-state index is 13.8. The molecule has 0 amide bonds. The van der Waals surface area contributed by atoms with Crippen molar-refractivity contribution in [2.75, 3.05) is 19.8 Å². The second-order valence-corrected chi connectivity index (χ2v) is 5.77. The van der Waals surface area contributed by atoms with Gasteiger partial charge in [0.25, 0.3) is 0 Å². The molecule has 1 heterocycles. The van der Waals surface area contributed by atoms with Crippen LogP contribution in [0.1, 0.15) is 25.3 Å². The van der Waals surface area contributed by atoms with E-state index >= 15 is 0 Å². The van der Waals surface area contributed by atoms with E-state index in [9.17, 15) is 4.39 Å². The number of halogens is 1. The van der Waals surface area contributed by atoms with E-state index in [1.165, 1.54) is 0 Å². The summed E-state index contributed by atoms with van der Waals surface area (Å²) in [7, 11) is 0. The fourth-order valence-corrected chi connectivity index (χ4v) is 3.30. The monoisotopic (exact) mass is 269 g/mol. The lowest BCUT2D eigenvalue weighted by atomic mass is 10.2. The zero-order valence-electron chi connectivity index (χ0n) is 10.7. The lowest BCUT2D eigenvalue weighted by molar-refractivity contribution is 0.1000. The zero-order chi connectivity index (χ0) is 12.8. The van der Waals surface area contributed by atoms with Crippen LogP contribution in [0.4, 0.5) is 4.39 Å². The fraction of sp³-hybridized carbons (Fsp3) is 0.571. The molecule has 0 aliphatic carbocycles. The molecule has 0 atom stereocenters. The van der Waals surface area contributed by atoms with Gasteiger partial charge in [0.15, 0.2) is 0 Å². The Kier molecular flexibility index (Phi) is 5.47. The first-order valence-electron chi connectivity index (χ1n) is 6.53. The van der Waals surface area contributed by atoms with E-state index in [4.69, 9.17) is 4.74 Å². The summed E-state index contributed by atoms with van der Waals surface area (Å²) in [5.74, 6) is -0.104. The molecule has 0 spiro atoms. The molecule has 100 valence electrons. The van der Waals surface area contributed by atoms with E-state index in [2.05, 4.69) is 5.32 Å². The molecule has 0 saturated carbocycles. The lowest BCUT2D eigenvalue weighted by Gasteiger charge is -2.22. The molecule has 1 fully saturated rings. The van der Waals surface area contributed by atoms with Gasteiger partial charge in [-0.05, 0) is 31.5 Å². The van der Waals surface area contributed by atoms with Crippen molar-refractivity contribution < 1.29 is 9.13 Å². The predicted molar refractivity (Wildman–Crippen MR) is 73.5 cm³/mol. The Morgan fingerprint density at radius 1 is 1.39 bits per heavy atom. The van der Waals surface area contributed by atoms with Crippen LogP contribution in [0.2, 0.25) is 0 Å². The van der Waals surface area contributed by atoms with Crippen molar-refractivity contribution in [2.24, 2.45) is 0 Å². The highest BCUT2D eigenvalue weighted by Gasteiger charge is 2.17. The summed E-state index contributed by atoms with van der Waals surface area (Å²) in [6.45, 7) is 5.15. The number of thioether (sulfide) groups is 1. The molecule has 0 unspecified atom stereocenters. The van der Waals surface area contributed by atoms with Gasteiger partial charge >= 0.3 is 0 Å². The summed E-state index contributed by atoms with van der Waals surface area (Å²) in [6.07, 6.45) is 2.11. The van der Waals surface area contributed by atoms with Crippen molar-refractivity contribution >= 4 is 11.8 Å². The SMILES string of the molecule is CCNCc1c(F)cccc1SC1CCOCC1. The van der Waals surface area contributed by atoms with Crippen LogP contribution in [0, 0.1) is 5.82 Å². The highest BCUT2D eigenvalue weighted by molar-refractivity contribution is 8.00. The second-order valence-electron chi connectivity index (χ2n) is 4.43. The largest absolute Gasteiger partial charge is 0.381 e. The summed E-state index contributed by atoms with van der Waals surface area (Å²) < 4.78 is 19.2. The number of ether oxygens (including phenoxy) is 1. The van der Waals surface area contributed by atoms with E-state index in [1.54, 1.807) is 23.9 Å². The molecule has 1 saturated heterocycles. The summed E-state index contributed by atoms with van der Waals surface area (Å²) >= 11 is 1.80. The van der Waals surface area contributed by atoms with Crippen LogP contribution in [0.5, 0.6) is 0 Å². The Balaban J connectivity index is 2.07. The molecule has 1 aromatic rings. The van der Waals surface area contributed by atoms with Crippen molar-refractivity contribution in [1.29, 1.82) is 0 Å². The Bertz CT molecular complexity index is 380. The Hall–Kier alpha value is -0.580. The van der Waals surface area contributed by atoms with Crippen molar-refractivity contribution in [2.45, 2.75) is 36.5 Å². The van der Waals surface area contributed by atoms with Gasteiger partial charge in [-0.2, -0.15) is 0 Å². The van der Waals surface area contributed by atoms with Crippen molar-refractivity contribution in [3.63, 3.8) is 0 Å². The number of benzene rings is 1. The topological polar surface area (TPSA) is 21.3 Å². The first-order chi connectivity index (χ1) is 8.81. The van der Waals surface area contributed by atoms with Gasteiger partial charge in [0, 0.05) is 35.5 Å². The molecular formula is C14H20FNOS. The van der Waals surface area contributed by atoms with Crippen LogP contribution in [-0.2, 0) is 11.3 Å². The van der Waals surface area contributed by atoms with Gasteiger partial charge in [0.05, 0.1) is 0 Å². The molecule has 1 aromatic carbocycles. The first-order valence-corrected chi connectivity index (χ1v) is 7.41. The Labute approximate surface area is 112 Å². The van der Waals surface area contributed by atoms with Crippen LogP contribution in [0.3, 0.4) is 0 Å². The average molecular weight is 269 g/mol. The first kappa shape index (κ1) is 13.8. The summed E-state index contributed by atoms with van der Waals surface area (Å²) in [5, 5.41) is 3.76. The molecule has 1 aliphatic rings. The van der Waals surface area contributed by atoms with E-state index in [-0.39, 0.29) is 5.82 Å². The molecule has 0 radical (unpaired) electrons. The quantitative estimate of drug-likeness (QED) is 0.887. The van der Waals surface area contributed by atoms with E-state index in [0.29, 0.717) is 11.8 Å². The minimum Gasteiger partial charge on any atom is -0.381 e. The number of hydrogen-bond donors (Lipinski definition) is 1. The molecule has 1 aliphatic heterocycles. The maximum Gasteiger partial charge on any atom is 0.128 e. The van der Waals surface area contributed by atoms with E-state index < -0.39 is 0 Å². The van der Waals surface area contributed by atoms with Crippen LogP contribution in [0.15, 0.2) is 23.1 Å². The second kappa shape index (κ2) is 7.12.